The van der Waals surface area contributed by atoms with Crippen molar-refractivity contribution < 1.29 is 0 Å². The molecule has 0 spiro atoms. The molecule has 1 aliphatic rings. The van der Waals surface area contributed by atoms with Gasteiger partial charge in [-0.15, -0.1) is 0 Å². The molecule has 82 valence electrons. The Balaban J connectivity index is 2.07. The molecule has 0 heterocycles. The van der Waals surface area contributed by atoms with Crippen LogP contribution in [-0.2, 0) is 0 Å². The molecule has 3 N–H and O–H groups in total. The lowest BCUT2D eigenvalue weighted by Crippen LogP contribution is -2.21. The Labute approximate surface area is 91.9 Å². The molecule has 1 aromatic rings. The first kappa shape index (κ1) is 10.5. The molecule has 0 aromatic heterocycles. The monoisotopic (exact) mass is 204 g/mol. The van der Waals surface area contributed by atoms with Gasteiger partial charge < -0.3 is 11.1 Å². The fourth-order valence-corrected chi connectivity index (χ4v) is 2.26. The molecule has 0 saturated heterocycles. The van der Waals surface area contributed by atoms with Gasteiger partial charge in [-0.25, -0.2) is 0 Å². The Morgan fingerprint density at radius 1 is 1.27 bits per heavy atom. The summed E-state index contributed by atoms with van der Waals surface area (Å²) in [5, 5.41) is 3.60. The minimum absolute atomic E-state index is 0.396. The number of aryl methyl sites for hydroxylation is 2. The summed E-state index contributed by atoms with van der Waals surface area (Å²) in [6, 6.07) is 7.51. The molecule has 2 heteroatoms. The van der Waals surface area contributed by atoms with E-state index in [2.05, 4.69) is 37.4 Å². The Morgan fingerprint density at radius 3 is 2.73 bits per heavy atom. The predicted molar refractivity (Wildman–Crippen MR) is 65.2 cm³/mol. The number of hydrogen-bond donors (Lipinski definition) is 2. The maximum Gasteiger partial charge on any atom is 0.0374 e. The topological polar surface area (TPSA) is 38.0 Å². The molecule has 2 atom stereocenters. The van der Waals surface area contributed by atoms with Crippen LogP contribution in [0.1, 0.15) is 30.4 Å². The van der Waals surface area contributed by atoms with Crippen LogP contribution in [0.15, 0.2) is 18.2 Å². The second kappa shape index (κ2) is 4.23. The number of benzene rings is 1. The summed E-state index contributed by atoms with van der Waals surface area (Å²) < 4.78 is 0. The highest BCUT2D eigenvalue weighted by atomic mass is 14.9. The second-order valence-electron chi connectivity index (χ2n) is 4.73. The van der Waals surface area contributed by atoms with Crippen LogP contribution < -0.4 is 11.1 Å². The Bertz CT molecular complexity index is 346. The summed E-state index contributed by atoms with van der Waals surface area (Å²) in [7, 11) is 0. The molecule has 2 rings (SSSR count). The highest BCUT2D eigenvalue weighted by Gasteiger charge is 2.21. The number of nitrogens with two attached hydrogens (primary N) is 1. The fraction of sp³-hybridized carbons (Fsp3) is 0.538. The summed E-state index contributed by atoms with van der Waals surface area (Å²) in [5.74, 6) is 0. The van der Waals surface area contributed by atoms with E-state index < -0.39 is 0 Å². The summed E-state index contributed by atoms with van der Waals surface area (Å²) >= 11 is 0. The van der Waals surface area contributed by atoms with Crippen LogP contribution in [0, 0.1) is 13.8 Å². The molecule has 1 aliphatic carbocycles. The van der Waals surface area contributed by atoms with Crippen molar-refractivity contribution in [1.82, 2.24) is 0 Å². The molecule has 0 aliphatic heterocycles. The Kier molecular flexibility index (Phi) is 2.96. The van der Waals surface area contributed by atoms with Gasteiger partial charge in [0, 0.05) is 17.8 Å². The van der Waals surface area contributed by atoms with Crippen LogP contribution in [0.3, 0.4) is 0 Å². The lowest BCUT2D eigenvalue weighted by atomic mass is 10.1. The Hall–Kier alpha value is -1.02. The molecule has 0 amide bonds. The van der Waals surface area contributed by atoms with Gasteiger partial charge in [0.25, 0.3) is 0 Å². The minimum atomic E-state index is 0.396. The summed E-state index contributed by atoms with van der Waals surface area (Å²) in [6.07, 6.45) is 3.46. The van der Waals surface area contributed by atoms with Gasteiger partial charge >= 0.3 is 0 Å². The van der Waals surface area contributed by atoms with Crippen LogP contribution in [0.5, 0.6) is 0 Å². The molecule has 15 heavy (non-hydrogen) atoms. The molecule has 1 fully saturated rings. The molecule has 0 bridgehead atoms. The van der Waals surface area contributed by atoms with Crippen molar-refractivity contribution >= 4 is 5.69 Å². The van der Waals surface area contributed by atoms with E-state index in [0.717, 1.165) is 12.8 Å². The van der Waals surface area contributed by atoms with E-state index in [9.17, 15) is 0 Å². The van der Waals surface area contributed by atoms with Crippen molar-refractivity contribution in [1.29, 1.82) is 0 Å². The number of hydrogen-bond acceptors (Lipinski definition) is 2. The van der Waals surface area contributed by atoms with Crippen molar-refractivity contribution in [3.63, 3.8) is 0 Å². The molecular formula is C13H20N2. The zero-order valence-corrected chi connectivity index (χ0v) is 9.59. The zero-order valence-electron chi connectivity index (χ0n) is 9.59. The van der Waals surface area contributed by atoms with E-state index in [1.165, 1.54) is 23.2 Å². The largest absolute Gasteiger partial charge is 0.382 e. The van der Waals surface area contributed by atoms with E-state index in [-0.39, 0.29) is 0 Å². The molecule has 2 nitrogen and oxygen atoms in total. The van der Waals surface area contributed by atoms with E-state index in [1.54, 1.807) is 0 Å². The van der Waals surface area contributed by atoms with Crippen LogP contribution >= 0.6 is 0 Å². The average Bonchev–Trinajstić information content (AvgIpc) is 2.58. The summed E-state index contributed by atoms with van der Waals surface area (Å²) in [4.78, 5) is 0. The first-order chi connectivity index (χ1) is 7.15. The number of anilines is 1. The second-order valence-corrected chi connectivity index (χ2v) is 4.73. The SMILES string of the molecule is Cc1ccc(C)c(NC2CCC(N)C2)c1. The molecule has 1 aromatic carbocycles. The van der Waals surface area contributed by atoms with Gasteiger partial charge in [-0.1, -0.05) is 12.1 Å². The Morgan fingerprint density at radius 2 is 2.07 bits per heavy atom. The zero-order chi connectivity index (χ0) is 10.8. The van der Waals surface area contributed by atoms with Gasteiger partial charge in [-0.2, -0.15) is 0 Å². The van der Waals surface area contributed by atoms with Gasteiger partial charge in [0.15, 0.2) is 0 Å². The maximum atomic E-state index is 5.91. The van der Waals surface area contributed by atoms with Gasteiger partial charge in [0.05, 0.1) is 0 Å². The van der Waals surface area contributed by atoms with Crippen LogP contribution in [-0.4, -0.2) is 12.1 Å². The molecule has 2 unspecified atom stereocenters. The standard InChI is InChI=1S/C13H20N2/c1-9-3-4-10(2)13(7-9)15-12-6-5-11(14)8-12/h3-4,7,11-12,15H,5-6,8,14H2,1-2H3. The summed E-state index contributed by atoms with van der Waals surface area (Å²) in [6.45, 7) is 4.28. The molecule has 0 radical (unpaired) electrons. The lowest BCUT2D eigenvalue weighted by molar-refractivity contribution is 0.687. The molecule has 1 saturated carbocycles. The first-order valence-corrected chi connectivity index (χ1v) is 5.74. The average molecular weight is 204 g/mol. The van der Waals surface area contributed by atoms with E-state index >= 15 is 0 Å². The lowest BCUT2D eigenvalue weighted by Gasteiger charge is -2.16. The minimum Gasteiger partial charge on any atom is -0.382 e. The van der Waals surface area contributed by atoms with Crippen molar-refractivity contribution in [2.45, 2.75) is 45.2 Å². The molecular weight excluding hydrogens is 184 g/mol. The normalized spacial score (nSPS) is 25.5. The van der Waals surface area contributed by atoms with Gasteiger partial charge in [0.1, 0.15) is 0 Å². The first-order valence-electron chi connectivity index (χ1n) is 5.74. The number of rotatable bonds is 2. The highest BCUT2D eigenvalue weighted by Crippen LogP contribution is 2.24. The van der Waals surface area contributed by atoms with Crippen LogP contribution in [0.4, 0.5) is 5.69 Å². The third-order valence-corrected chi connectivity index (χ3v) is 3.23. The van der Waals surface area contributed by atoms with Crippen molar-refractivity contribution in [2.75, 3.05) is 5.32 Å². The number of nitrogens with one attached hydrogen (secondary N) is 1. The van der Waals surface area contributed by atoms with E-state index in [4.69, 9.17) is 5.73 Å². The van der Waals surface area contributed by atoms with Crippen LogP contribution in [0.25, 0.3) is 0 Å². The van der Waals surface area contributed by atoms with Crippen molar-refractivity contribution in [3.05, 3.63) is 29.3 Å². The van der Waals surface area contributed by atoms with Gasteiger partial charge in [0.2, 0.25) is 0 Å². The quantitative estimate of drug-likeness (QED) is 0.777. The maximum absolute atomic E-state index is 5.91. The third kappa shape index (κ3) is 2.51. The van der Waals surface area contributed by atoms with E-state index in [0.29, 0.717) is 12.1 Å². The predicted octanol–water partition coefficient (Wildman–Crippen LogP) is 2.60. The van der Waals surface area contributed by atoms with Crippen LogP contribution in [0.2, 0.25) is 0 Å². The van der Waals surface area contributed by atoms with E-state index in [1.807, 2.05) is 0 Å². The van der Waals surface area contributed by atoms with Crippen molar-refractivity contribution in [3.8, 4) is 0 Å². The smallest absolute Gasteiger partial charge is 0.0374 e. The summed E-state index contributed by atoms with van der Waals surface area (Å²) in [5.41, 5.74) is 9.81. The van der Waals surface area contributed by atoms with Gasteiger partial charge in [-0.3, -0.25) is 0 Å². The van der Waals surface area contributed by atoms with Crippen molar-refractivity contribution in [2.24, 2.45) is 5.73 Å². The third-order valence-electron chi connectivity index (χ3n) is 3.23. The fourth-order valence-electron chi connectivity index (χ4n) is 2.26. The highest BCUT2D eigenvalue weighted by molar-refractivity contribution is 5.53. The van der Waals surface area contributed by atoms with Gasteiger partial charge in [-0.05, 0) is 50.3 Å².